The van der Waals surface area contributed by atoms with Crippen LogP contribution in [0, 0.1) is 6.92 Å². The zero-order valence-corrected chi connectivity index (χ0v) is 19.0. The van der Waals surface area contributed by atoms with Gasteiger partial charge >= 0.3 is 0 Å². The van der Waals surface area contributed by atoms with Crippen LogP contribution in [0.2, 0.25) is 0 Å². The van der Waals surface area contributed by atoms with Gasteiger partial charge in [0, 0.05) is 25.8 Å². The standard InChI is InChI=1S/C27H27NO5/c1-17-16-19(12-13-22(17)33-3)25(29)23-24(28(14-7-15-32-2)27(31)26(23)30)21-11-6-9-18-8-4-5-10-20(18)21/h4-6,8-13,16,24,29H,7,14-15H2,1-3H3/b25-23-. The molecule has 1 aliphatic rings. The SMILES string of the molecule is COCCCN1C(=O)C(=O)/C(=C(\O)c2ccc(OC)c(C)c2)C1c1cccc2ccccc12. The summed E-state index contributed by atoms with van der Waals surface area (Å²) in [6.45, 7) is 2.66. The molecule has 1 N–H and O–H groups in total. The van der Waals surface area contributed by atoms with Gasteiger partial charge in [-0.1, -0.05) is 42.5 Å². The summed E-state index contributed by atoms with van der Waals surface area (Å²) in [7, 11) is 3.18. The van der Waals surface area contributed by atoms with Crippen LogP contribution in [0.1, 0.15) is 29.2 Å². The number of Topliss-reactive ketones (excluding diaryl/α,β-unsaturated/α-hetero) is 1. The van der Waals surface area contributed by atoms with Gasteiger partial charge in [-0.05, 0) is 53.4 Å². The first-order valence-corrected chi connectivity index (χ1v) is 10.9. The number of hydrogen-bond acceptors (Lipinski definition) is 5. The van der Waals surface area contributed by atoms with Crippen molar-refractivity contribution in [3.05, 3.63) is 82.9 Å². The number of carbonyl (C=O) groups is 2. The van der Waals surface area contributed by atoms with Crippen LogP contribution >= 0.6 is 0 Å². The Labute approximate surface area is 193 Å². The van der Waals surface area contributed by atoms with Crippen LogP contribution in [0.5, 0.6) is 5.75 Å². The normalized spacial score (nSPS) is 17.7. The van der Waals surface area contributed by atoms with E-state index >= 15 is 0 Å². The number of fused-ring (bicyclic) bond motifs is 1. The molecule has 6 heteroatoms. The lowest BCUT2D eigenvalue weighted by Gasteiger charge is -2.26. The average Bonchev–Trinajstić information content (AvgIpc) is 3.08. The van der Waals surface area contributed by atoms with Crippen molar-refractivity contribution in [2.75, 3.05) is 27.4 Å². The van der Waals surface area contributed by atoms with E-state index in [1.165, 1.54) is 0 Å². The van der Waals surface area contributed by atoms with Crippen molar-refractivity contribution in [1.82, 2.24) is 4.90 Å². The number of likely N-dealkylation sites (tertiary alicyclic amines) is 1. The quantitative estimate of drug-likeness (QED) is 0.249. The maximum absolute atomic E-state index is 13.2. The molecule has 1 unspecified atom stereocenters. The number of hydrogen-bond donors (Lipinski definition) is 1. The van der Waals surface area contributed by atoms with E-state index in [0.717, 1.165) is 21.9 Å². The highest BCUT2D eigenvalue weighted by Gasteiger charge is 2.46. The fraction of sp³-hybridized carbons (Fsp3) is 0.259. The highest BCUT2D eigenvalue weighted by molar-refractivity contribution is 6.46. The van der Waals surface area contributed by atoms with Crippen molar-refractivity contribution in [2.45, 2.75) is 19.4 Å². The van der Waals surface area contributed by atoms with E-state index in [-0.39, 0.29) is 11.3 Å². The fourth-order valence-electron chi connectivity index (χ4n) is 4.48. The Hall–Kier alpha value is -3.64. The predicted molar refractivity (Wildman–Crippen MR) is 127 cm³/mol. The van der Waals surface area contributed by atoms with Crippen molar-refractivity contribution < 1.29 is 24.2 Å². The topological polar surface area (TPSA) is 76.1 Å². The van der Waals surface area contributed by atoms with E-state index in [4.69, 9.17) is 9.47 Å². The van der Waals surface area contributed by atoms with Crippen LogP contribution in [0.4, 0.5) is 0 Å². The molecule has 0 bridgehead atoms. The minimum absolute atomic E-state index is 0.0957. The second-order valence-electron chi connectivity index (χ2n) is 8.09. The highest BCUT2D eigenvalue weighted by atomic mass is 16.5. The van der Waals surface area contributed by atoms with Crippen molar-refractivity contribution in [3.8, 4) is 5.75 Å². The zero-order valence-electron chi connectivity index (χ0n) is 19.0. The first kappa shape index (κ1) is 22.6. The van der Waals surface area contributed by atoms with Gasteiger partial charge in [-0.2, -0.15) is 0 Å². The molecule has 1 fully saturated rings. The van der Waals surface area contributed by atoms with Gasteiger partial charge < -0.3 is 19.5 Å². The number of aliphatic hydroxyl groups is 1. The van der Waals surface area contributed by atoms with E-state index in [9.17, 15) is 14.7 Å². The lowest BCUT2D eigenvalue weighted by Crippen LogP contribution is -2.31. The number of rotatable bonds is 7. The summed E-state index contributed by atoms with van der Waals surface area (Å²) in [5.74, 6) is -0.810. The molecule has 170 valence electrons. The number of benzene rings is 3. The number of ether oxygens (including phenoxy) is 2. The molecular weight excluding hydrogens is 418 g/mol. The van der Waals surface area contributed by atoms with Gasteiger partial charge in [0.15, 0.2) is 0 Å². The molecule has 6 nitrogen and oxygen atoms in total. The Bertz CT molecular complexity index is 1240. The lowest BCUT2D eigenvalue weighted by molar-refractivity contribution is -0.140. The van der Waals surface area contributed by atoms with Crippen LogP contribution in [-0.4, -0.2) is 49.1 Å². The summed E-state index contributed by atoms with van der Waals surface area (Å²) in [4.78, 5) is 27.9. The van der Waals surface area contributed by atoms with Crippen molar-refractivity contribution in [2.24, 2.45) is 0 Å². The summed E-state index contributed by atoms with van der Waals surface area (Å²) in [6.07, 6.45) is 0.576. The zero-order chi connectivity index (χ0) is 23.5. The number of nitrogens with zero attached hydrogens (tertiary/aromatic N) is 1. The maximum Gasteiger partial charge on any atom is 0.295 e. The minimum atomic E-state index is -0.699. The average molecular weight is 446 g/mol. The molecule has 3 aromatic rings. The summed E-state index contributed by atoms with van der Waals surface area (Å²) in [6, 6.07) is 18.1. The minimum Gasteiger partial charge on any atom is -0.507 e. The van der Waals surface area contributed by atoms with Gasteiger partial charge in [0.2, 0.25) is 0 Å². The second-order valence-corrected chi connectivity index (χ2v) is 8.09. The van der Waals surface area contributed by atoms with Gasteiger partial charge in [-0.25, -0.2) is 0 Å². The van der Waals surface area contributed by atoms with Gasteiger partial charge in [0.25, 0.3) is 11.7 Å². The molecule has 1 heterocycles. The van der Waals surface area contributed by atoms with Crippen LogP contribution < -0.4 is 4.74 Å². The Morgan fingerprint density at radius 3 is 2.52 bits per heavy atom. The maximum atomic E-state index is 13.2. The van der Waals surface area contributed by atoms with E-state index in [1.807, 2.05) is 49.4 Å². The Kier molecular flexibility index (Phi) is 6.47. The van der Waals surface area contributed by atoms with Crippen LogP contribution in [-0.2, 0) is 14.3 Å². The molecule has 0 saturated carbocycles. The lowest BCUT2D eigenvalue weighted by atomic mass is 9.91. The number of amides is 1. The van der Waals surface area contributed by atoms with Gasteiger partial charge in [0.05, 0.1) is 18.7 Å². The monoisotopic (exact) mass is 445 g/mol. The van der Waals surface area contributed by atoms with Crippen LogP contribution in [0.25, 0.3) is 16.5 Å². The molecular formula is C27H27NO5. The Morgan fingerprint density at radius 2 is 1.79 bits per heavy atom. The van der Waals surface area contributed by atoms with E-state index in [2.05, 4.69) is 0 Å². The van der Waals surface area contributed by atoms with Gasteiger partial charge in [-0.15, -0.1) is 0 Å². The van der Waals surface area contributed by atoms with Gasteiger partial charge in [0.1, 0.15) is 11.5 Å². The summed E-state index contributed by atoms with van der Waals surface area (Å²) < 4.78 is 10.5. The molecule has 1 saturated heterocycles. The molecule has 1 aliphatic heterocycles. The number of aryl methyl sites for hydroxylation is 1. The number of ketones is 1. The largest absolute Gasteiger partial charge is 0.507 e. The number of methoxy groups -OCH3 is 2. The third-order valence-electron chi connectivity index (χ3n) is 6.07. The third-order valence-corrected chi connectivity index (χ3v) is 6.07. The molecule has 33 heavy (non-hydrogen) atoms. The third kappa shape index (κ3) is 4.10. The first-order valence-electron chi connectivity index (χ1n) is 10.9. The molecule has 0 spiro atoms. The number of carbonyl (C=O) groups excluding carboxylic acids is 2. The molecule has 1 amide bonds. The van der Waals surface area contributed by atoms with Crippen molar-refractivity contribution in [3.63, 3.8) is 0 Å². The van der Waals surface area contributed by atoms with Gasteiger partial charge in [-0.3, -0.25) is 9.59 Å². The molecule has 4 rings (SSSR count). The highest BCUT2D eigenvalue weighted by Crippen LogP contribution is 2.42. The molecule has 0 radical (unpaired) electrons. The smallest absolute Gasteiger partial charge is 0.295 e. The van der Waals surface area contributed by atoms with Crippen molar-refractivity contribution >= 4 is 28.2 Å². The summed E-state index contributed by atoms with van der Waals surface area (Å²) >= 11 is 0. The predicted octanol–water partition coefficient (Wildman–Crippen LogP) is 4.62. The number of aliphatic hydroxyl groups excluding tert-OH is 1. The second kappa shape index (κ2) is 9.46. The summed E-state index contributed by atoms with van der Waals surface area (Å²) in [5, 5.41) is 13.2. The molecule has 0 aromatic heterocycles. The molecule has 3 aromatic carbocycles. The fourth-order valence-corrected chi connectivity index (χ4v) is 4.48. The van der Waals surface area contributed by atoms with Crippen molar-refractivity contribution in [1.29, 1.82) is 0 Å². The molecule has 0 aliphatic carbocycles. The Balaban J connectivity index is 1.91. The van der Waals surface area contributed by atoms with E-state index < -0.39 is 17.7 Å². The van der Waals surface area contributed by atoms with E-state index in [1.54, 1.807) is 37.3 Å². The summed E-state index contributed by atoms with van der Waals surface area (Å²) in [5.41, 5.74) is 2.18. The van der Waals surface area contributed by atoms with Crippen LogP contribution in [0.15, 0.2) is 66.2 Å². The first-order chi connectivity index (χ1) is 16.0. The molecule has 1 atom stereocenters. The van der Waals surface area contributed by atoms with E-state index in [0.29, 0.717) is 30.9 Å². The Morgan fingerprint density at radius 1 is 1.03 bits per heavy atom. The van der Waals surface area contributed by atoms with Crippen LogP contribution in [0.3, 0.4) is 0 Å².